The molecule has 0 spiro atoms. The van der Waals surface area contributed by atoms with Crippen molar-refractivity contribution in [3.05, 3.63) is 52.0 Å². The van der Waals surface area contributed by atoms with E-state index in [0.717, 1.165) is 28.2 Å². The van der Waals surface area contributed by atoms with E-state index in [1.165, 1.54) is 11.1 Å². The van der Waals surface area contributed by atoms with Crippen LogP contribution in [0.25, 0.3) is 0 Å². The van der Waals surface area contributed by atoms with Crippen LogP contribution in [0.4, 0.5) is 5.69 Å². The van der Waals surface area contributed by atoms with Crippen LogP contribution in [0.1, 0.15) is 18.1 Å². The summed E-state index contributed by atoms with van der Waals surface area (Å²) in [5.74, 6) is 1.51. The van der Waals surface area contributed by atoms with Gasteiger partial charge in [-0.2, -0.15) is 0 Å². The molecule has 0 unspecified atom stereocenters. The van der Waals surface area contributed by atoms with Gasteiger partial charge in [0.15, 0.2) is 11.5 Å². The topological polar surface area (TPSA) is 30.5 Å². The summed E-state index contributed by atoms with van der Waals surface area (Å²) in [5.41, 5.74) is 3.47. The summed E-state index contributed by atoms with van der Waals surface area (Å²) in [6.45, 7) is 5.43. The predicted molar refractivity (Wildman–Crippen MR) is 90.4 cm³/mol. The second kappa shape index (κ2) is 7.36. The maximum Gasteiger partial charge on any atom is 0.162 e. The third-order valence-electron chi connectivity index (χ3n) is 3.20. The quantitative estimate of drug-likeness (QED) is 0.814. The minimum absolute atomic E-state index is 0.626. The number of halogens is 1. The van der Waals surface area contributed by atoms with E-state index in [1.54, 1.807) is 7.11 Å². The van der Waals surface area contributed by atoms with E-state index in [0.29, 0.717) is 6.61 Å². The summed E-state index contributed by atoms with van der Waals surface area (Å²) in [6, 6.07) is 12.2. The molecular formula is C17H20BrNO2. The van der Waals surface area contributed by atoms with Crippen molar-refractivity contribution in [1.82, 2.24) is 0 Å². The van der Waals surface area contributed by atoms with Crippen molar-refractivity contribution in [2.75, 3.05) is 19.0 Å². The van der Waals surface area contributed by atoms with Gasteiger partial charge in [-0.25, -0.2) is 0 Å². The van der Waals surface area contributed by atoms with Gasteiger partial charge in [-0.3, -0.25) is 0 Å². The van der Waals surface area contributed by atoms with Crippen LogP contribution in [-0.4, -0.2) is 13.7 Å². The van der Waals surface area contributed by atoms with Gasteiger partial charge in [-0.05, 0) is 43.2 Å². The van der Waals surface area contributed by atoms with E-state index in [9.17, 15) is 0 Å². The molecule has 2 aromatic rings. The fourth-order valence-electron chi connectivity index (χ4n) is 2.00. The fraction of sp³-hybridized carbons (Fsp3) is 0.294. The molecule has 0 saturated carbocycles. The van der Waals surface area contributed by atoms with Crippen LogP contribution < -0.4 is 14.8 Å². The Labute approximate surface area is 134 Å². The van der Waals surface area contributed by atoms with E-state index >= 15 is 0 Å². The Bertz CT molecular complexity index is 614. The van der Waals surface area contributed by atoms with Gasteiger partial charge in [0.25, 0.3) is 0 Å². The maximum atomic E-state index is 5.52. The molecule has 2 aromatic carbocycles. The van der Waals surface area contributed by atoms with Crippen LogP contribution in [0.2, 0.25) is 0 Å². The van der Waals surface area contributed by atoms with Crippen LogP contribution >= 0.6 is 15.9 Å². The summed E-state index contributed by atoms with van der Waals surface area (Å²) >= 11 is 3.56. The predicted octanol–water partition coefficient (Wildman–Crippen LogP) is 4.78. The number of nitrogens with one attached hydrogen (secondary N) is 1. The molecule has 1 N–H and O–H groups in total. The lowest BCUT2D eigenvalue weighted by molar-refractivity contribution is 0.311. The number of anilines is 1. The number of benzene rings is 2. The standard InChI is InChI=1S/C17H20BrNO2/c1-4-21-16-8-7-14(10-17(16)20-3)19-11-13-6-5-12(2)15(18)9-13/h5-10,19H,4,11H2,1-3H3. The van der Waals surface area contributed by atoms with Gasteiger partial charge in [0.2, 0.25) is 0 Å². The minimum atomic E-state index is 0.626. The van der Waals surface area contributed by atoms with E-state index in [-0.39, 0.29) is 0 Å². The normalized spacial score (nSPS) is 10.3. The molecule has 4 heteroatoms. The van der Waals surface area contributed by atoms with Gasteiger partial charge in [-0.15, -0.1) is 0 Å². The minimum Gasteiger partial charge on any atom is -0.493 e. The van der Waals surface area contributed by atoms with Crippen molar-refractivity contribution in [3.8, 4) is 11.5 Å². The zero-order valence-corrected chi connectivity index (χ0v) is 14.2. The van der Waals surface area contributed by atoms with Gasteiger partial charge in [0.05, 0.1) is 13.7 Å². The van der Waals surface area contributed by atoms with Crippen LogP contribution in [0.3, 0.4) is 0 Å². The maximum absolute atomic E-state index is 5.52. The number of aryl methyl sites for hydroxylation is 1. The summed E-state index contributed by atoms with van der Waals surface area (Å²) in [4.78, 5) is 0. The molecule has 0 amide bonds. The lowest BCUT2D eigenvalue weighted by Crippen LogP contribution is -2.01. The lowest BCUT2D eigenvalue weighted by Gasteiger charge is -2.12. The van der Waals surface area contributed by atoms with Crippen molar-refractivity contribution in [1.29, 1.82) is 0 Å². The van der Waals surface area contributed by atoms with Gasteiger partial charge >= 0.3 is 0 Å². The van der Waals surface area contributed by atoms with Crippen molar-refractivity contribution < 1.29 is 9.47 Å². The fourth-order valence-corrected chi connectivity index (χ4v) is 2.43. The average molecular weight is 350 g/mol. The molecule has 0 radical (unpaired) electrons. The second-order valence-corrected chi connectivity index (χ2v) is 5.59. The number of ether oxygens (including phenoxy) is 2. The monoisotopic (exact) mass is 349 g/mol. The van der Waals surface area contributed by atoms with E-state index < -0.39 is 0 Å². The molecule has 112 valence electrons. The molecule has 0 aliphatic carbocycles. The Kier molecular flexibility index (Phi) is 5.51. The first-order chi connectivity index (χ1) is 10.1. The molecule has 0 aromatic heterocycles. The summed E-state index contributed by atoms with van der Waals surface area (Å²) < 4.78 is 12.0. The van der Waals surface area contributed by atoms with Gasteiger partial charge < -0.3 is 14.8 Å². The number of hydrogen-bond donors (Lipinski definition) is 1. The van der Waals surface area contributed by atoms with Gasteiger partial charge in [0.1, 0.15) is 0 Å². The molecule has 21 heavy (non-hydrogen) atoms. The molecule has 0 atom stereocenters. The first-order valence-corrected chi connectivity index (χ1v) is 7.73. The largest absolute Gasteiger partial charge is 0.493 e. The van der Waals surface area contributed by atoms with Crippen LogP contribution in [-0.2, 0) is 6.54 Å². The molecule has 3 nitrogen and oxygen atoms in total. The molecule has 0 heterocycles. The van der Waals surface area contributed by atoms with Gasteiger partial charge in [0, 0.05) is 22.8 Å². The Morgan fingerprint density at radius 2 is 1.90 bits per heavy atom. The molecule has 0 aliphatic heterocycles. The third kappa shape index (κ3) is 4.14. The van der Waals surface area contributed by atoms with Crippen LogP contribution in [0.15, 0.2) is 40.9 Å². The SMILES string of the molecule is CCOc1ccc(NCc2ccc(C)c(Br)c2)cc1OC. The zero-order valence-electron chi connectivity index (χ0n) is 12.6. The summed E-state index contributed by atoms with van der Waals surface area (Å²) in [5, 5.41) is 3.40. The number of rotatable bonds is 6. The Balaban J connectivity index is 2.07. The first kappa shape index (κ1) is 15.7. The zero-order chi connectivity index (χ0) is 15.2. The van der Waals surface area contributed by atoms with E-state index in [2.05, 4.69) is 46.4 Å². The smallest absolute Gasteiger partial charge is 0.162 e. The number of hydrogen-bond acceptors (Lipinski definition) is 3. The van der Waals surface area contributed by atoms with Gasteiger partial charge in [-0.1, -0.05) is 28.1 Å². The van der Waals surface area contributed by atoms with Crippen molar-refractivity contribution in [3.63, 3.8) is 0 Å². The third-order valence-corrected chi connectivity index (χ3v) is 4.05. The van der Waals surface area contributed by atoms with Crippen LogP contribution in [0.5, 0.6) is 11.5 Å². The molecule has 0 saturated heterocycles. The lowest BCUT2D eigenvalue weighted by atomic mass is 10.1. The highest BCUT2D eigenvalue weighted by atomic mass is 79.9. The first-order valence-electron chi connectivity index (χ1n) is 6.93. The van der Waals surface area contributed by atoms with E-state index in [1.807, 2.05) is 25.1 Å². The van der Waals surface area contributed by atoms with Crippen LogP contribution in [0, 0.1) is 6.92 Å². The highest BCUT2D eigenvalue weighted by molar-refractivity contribution is 9.10. The average Bonchev–Trinajstić information content (AvgIpc) is 2.49. The summed E-state index contributed by atoms with van der Waals surface area (Å²) in [7, 11) is 1.65. The Morgan fingerprint density at radius 3 is 2.57 bits per heavy atom. The molecule has 0 fully saturated rings. The molecule has 0 bridgehead atoms. The highest BCUT2D eigenvalue weighted by Crippen LogP contribution is 2.30. The Morgan fingerprint density at radius 1 is 1.10 bits per heavy atom. The van der Waals surface area contributed by atoms with Crippen molar-refractivity contribution >= 4 is 21.6 Å². The van der Waals surface area contributed by atoms with E-state index in [4.69, 9.17) is 9.47 Å². The second-order valence-electron chi connectivity index (χ2n) is 4.74. The highest BCUT2D eigenvalue weighted by Gasteiger charge is 2.05. The molecule has 2 rings (SSSR count). The Hall–Kier alpha value is -1.68. The molecular weight excluding hydrogens is 330 g/mol. The number of methoxy groups -OCH3 is 1. The van der Waals surface area contributed by atoms with Crippen molar-refractivity contribution in [2.24, 2.45) is 0 Å². The van der Waals surface area contributed by atoms with Crippen molar-refractivity contribution in [2.45, 2.75) is 20.4 Å². The molecule has 0 aliphatic rings. The summed E-state index contributed by atoms with van der Waals surface area (Å²) in [6.07, 6.45) is 0.